The van der Waals surface area contributed by atoms with Crippen LogP contribution in [0, 0.1) is 6.92 Å². The molecule has 2 aromatic rings. The number of nitrogens with zero attached hydrogens (tertiary/aromatic N) is 3. The Balaban J connectivity index is 2.44. The lowest BCUT2D eigenvalue weighted by Crippen LogP contribution is -1.76. The summed E-state index contributed by atoms with van der Waals surface area (Å²) in [5, 5.41) is 9.69. The van der Waals surface area contributed by atoms with Crippen molar-refractivity contribution < 1.29 is 4.79 Å². The van der Waals surface area contributed by atoms with Gasteiger partial charge in [0.2, 0.25) is 6.08 Å². The van der Waals surface area contributed by atoms with Gasteiger partial charge in [0, 0.05) is 5.56 Å². The average molecular weight is 217 g/mol. The van der Waals surface area contributed by atoms with Crippen molar-refractivity contribution in [2.45, 2.75) is 6.92 Å². The quantitative estimate of drug-likeness (QED) is 0.573. The molecule has 5 heteroatoms. The molecule has 0 saturated heterocycles. The molecule has 0 spiro atoms. The van der Waals surface area contributed by atoms with Crippen molar-refractivity contribution >= 4 is 23.1 Å². The van der Waals surface area contributed by atoms with Crippen LogP contribution in [0.15, 0.2) is 29.3 Å². The Labute approximate surface area is 90.3 Å². The van der Waals surface area contributed by atoms with Crippen LogP contribution in [0.5, 0.6) is 0 Å². The summed E-state index contributed by atoms with van der Waals surface area (Å²) in [5.74, 6) is 0. The van der Waals surface area contributed by atoms with E-state index in [-0.39, 0.29) is 0 Å². The molecule has 1 aromatic carbocycles. The van der Waals surface area contributed by atoms with Gasteiger partial charge in [0.05, 0.1) is 5.69 Å². The molecule has 0 radical (unpaired) electrons. The number of benzene rings is 1. The van der Waals surface area contributed by atoms with Crippen LogP contribution in [-0.4, -0.2) is 16.3 Å². The summed E-state index contributed by atoms with van der Waals surface area (Å²) >= 11 is 1.51. The topological polar surface area (TPSA) is 55.2 Å². The lowest BCUT2D eigenvalue weighted by Gasteiger charge is -1.95. The van der Waals surface area contributed by atoms with Crippen LogP contribution in [0.1, 0.15) is 5.01 Å². The van der Waals surface area contributed by atoms with Crippen molar-refractivity contribution in [3.63, 3.8) is 0 Å². The van der Waals surface area contributed by atoms with Gasteiger partial charge in [-0.25, -0.2) is 4.79 Å². The van der Waals surface area contributed by atoms with Crippen molar-refractivity contribution in [2.75, 3.05) is 0 Å². The number of aromatic nitrogens is 2. The molecule has 2 rings (SSSR count). The van der Waals surface area contributed by atoms with E-state index >= 15 is 0 Å². The summed E-state index contributed by atoms with van der Waals surface area (Å²) in [6, 6.07) is 7.25. The number of isocyanates is 1. The standard InChI is InChI=1S/C10H7N3OS/c1-7-12-13-10(15-7)8-3-2-4-9(5-8)11-6-14/h2-5H,1H3. The largest absolute Gasteiger partial charge is 0.240 e. The van der Waals surface area contributed by atoms with Crippen LogP contribution in [0.25, 0.3) is 10.6 Å². The van der Waals surface area contributed by atoms with Gasteiger partial charge in [-0.15, -0.1) is 10.2 Å². The van der Waals surface area contributed by atoms with Crippen molar-refractivity contribution in [3.8, 4) is 10.6 Å². The Kier molecular flexibility index (Phi) is 2.67. The van der Waals surface area contributed by atoms with E-state index in [4.69, 9.17) is 0 Å². The van der Waals surface area contributed by atoms with E-state index in [2.05, 4.69) is 15.2 Å². The van der Waals surface area contributed by atoms with E-state index in [0.29, 0.717) is 5.69 Å². The fourth-order valence-electron chi connectivity index (χ4n) is 1.17. The first-order valence-electron chi connectivity index (χ1n) is 4.28. The first-order chi connectivity index (χ1) is 7.29. The number of aryl methyl sites for hydroxylation is 1. The highest BCUT2D eigenvalue weighted by Crippen LogP contribution is 2.26. The van der Waals surface area contributed by atoms with Crippen LogP contribution in [0.2, 0.25) is 0 Å². The van der Waals surface area contributed by atoms with Crippen molar-refractivity contribution in [3.05, 3.63) is 29.3 Å². The number of rotatable bonds is 2. The van der Waals surface area contributed by atoms with E-state index < -0.39 is 0 Å². The van der Waals surface area contributed by atoms with Gasteiger partial charge in [0.25, 0.3) is 0 Å². The predicted molar refractivity (Wildman–Crippen MR) is 57.9 cm³/mol. The fourth-order valence-corrected chi connectivity index (χ4v) is 1.86. The van der Waals surface area contributed by atoms with E-state index in [1.807, 2.05) is 19.1 Å². The highest BCUT2D eigenvalue weighted by molar-refractivity contribution is 7.14. The van der Waals surface area contributed by atoms with Crippen molar-refractivity contribution in [1.29, 1.82) is 0 Å². The summed E-state index contributed by atoms with van der Waals surface area (Å²) in [6.07, 6.45) is 1.51. The monoisotopic (exact) mass is 217 g/mol. The van der Waals surface area contributed by atoms with Gasteiger partial charge in [-0.2, -0.15) is 4.99 Å². The zero-order chi connectivity index (χ0) is 10.7. The van der Waals surface area contributed by atoms with Crippen LogP contribution < -0.4 is 0 Å². The molecule has 0 amide bonds. The second-order valence-electron chi connectivity index (χ2n) is 2.88. The molecule has 0 saturated carbocycles. The molecule has 0 atom stereocenters. The molecule has 0 N–H and O–H groups in total. The van der Waals surface area contributed by atoms with Gasteiger partial charge >= 0.3 is 0 Å². The third-order valence-corrected chi connectivity index (χ3v) is 2.68. The molecule has 0 aliphatic carbocycles. The first-order valence-corrected chi connectivity index (χ1v) is 5.09. The Morgan fingerprint density at radius 3 is 2.93 bits per heavy atom. The van der Waals surface area contributed by atoms with Gasteiger partial charge in [-0.3, -0.25) is 0 Å². The molecule has 0 aliphatic heterocycles. The maximum atomic E-state index is 10.1. The Bertz CT molecular complexity index is 529. The summed E-state index contributed by atoms with van der Waals surface area (Å²) < 4.78 is 0. The molecule has 4 nitrogen and oxygen atoms in total. The number of carbonyl (C=O) groups excluding carboxylic acids is 1. The average Bonchev–Trinajstić information content (AvgIpc) is 2.66. The van der Waals surface area contributed by atoms with Crippen LogP contribution >= 0.6 is 11.3 Å². The van der Waals surface area contributed by atoms with Gasteiger partial charge in [-0.1, -0.05) is 23.5 Å². The molecule has 0 fully saturated rings. The number of hydrogen-bond donors (Lipinski definition) is 0. The first kappa shape index (κ1) is 9.71. The third-order valence-electron chi connectivity index (χ3n) is 1.79. The van der Waals surface area contributed by atoms with Crippen molar-refractivity contribution in [1.82, 2.24) is 10.2 Å². The molecule has 0 bridgehead atoms. The van der Waals surface area contributed by atoms with Gasteiger partial charge in [0.1, 0.15) is 10.0 Å². The summed E-state index contributed by atoms with van der Waals surface area (Å²) in [5.41, 5.74) is 1.49. The Morgan fingerprint density at radius 2 is 2.27 bits per heavy atom. The maximum Gasteiger partial charge on any atom is 0.240 e. The highest BCUT2D eigenvalue weighted by Gasteiger charge is 2.03. The Morgan fingerprint density at radius 1 is 1.40 bits per heavy atom. The number of aliphatic imine (C=N–C) groups is 1. The zero-order valence-corrected chi connectivity index (χ0v) is 8.78. The Hall–Kier alpha value is -1.84. The normalized spacial score (nSPS) is 9.67. The second kappa shape index (κ2) is 4.13. The molecule has 74 valence electrons. The van der Waals surface area contributed by atoms with Gasteiger partial charge in [0.15, 0.2) is 0 Å². The summed E-state index contributed by atoms with van der Waals surface area (Å²) in [4.78, 5) is 13.7. The maximum absolute atomic E-state index is 10.1. The lowest BCUT2D eigenvalue weighted by atomic mass is 10.2. The SMILES string of the molecule is Cc1nnc(-c2cccc(N=C=O)c2)s1. The molecular formula is C10H7N3OS. The molecule has 15 heavy (non-hydrogen) atoms. The third kappa shape index (κ3) is 2.15. The van der Waals surface area contributed by atoms with E-state index in [9.17, 15) is 4.79 Å². The minimum Gasteiger partial charge on any atom is -0.211 e. The lowest BCUT2D eigenvalue weighted by molar-refractivity contribution is 0.565. The van der Waals surface area contributed by atoms with Crippen molar-refractivity contribution in [2.24, 2.45) is 4.99 Å². The molecule has 1 aromatic heterocycles. The molecular weight excluding hydrogens is 210 g/mol. The zero-order valence-electron chi connectivity index (χ0n) is 7.97. The molecule has 1 heterocycles. The van der Waals surface area contributed by atoms with E-state index in [1.165, 1.54) is 17.4 Å². The fraction of sp³-hybridized carbons (Fsp3) is 0.100. The van der Waals surface area contributed by atoms with Crippen LogP contribution in [0.3, 0.4) is 0 Å². The smallest absolute Gasteiger partial charge is 0.211 e. The minimum absolute atomic E-state index is 0.579. The van der Waals surface area contributed by atoms with Crippen LogP contribution in [0.4, 0.5) is 5.69 Å². The predicted octanol–water partition coefficient (Wildman–Crippen LogP) is 2.48. The molecule has 0 aliphatic rings. The van der Waals surface area contributed by atoms with E-state index in [1.54, 1.807) is 12.1 Å². The highest BCUT2D eigenvalue weighted by atomic mass is 32.1. The second-order valence-corrected chi connectivity index (χ2v) is 4.06. The number of hydrogen-bond acceptors (Lipinski definition) is 5. The van der Waals surface area contributed by atoms with Crippen LogP contribution in [-0.2, 0) is 4.79 Å². The van der Waals surface area contributed by atoms with Gasteiger partial charge < -0.3 is 0 Å². The van der Waals surface area contributed by atoms with E-state index in [0.717, 1.165) is 15.6 Å². The summed E-state index contributed by atoms with van der Waals surface area (Å²) in [7, 11) is 0. The minimum atomic E-state index is 0.579. The molecule has 0 unspecified atom stereocenters. The van der Waals surface area contributed by atoms with Gasteiger partial charge in [-0.05, 0) is 19.1 Å². The summed E-state index contributed by atoms with van der Waals surface area (Å²) in [6.45, 7) is 1.90.